The fourth-order valence-corrected chi connectivity index (χ4v) is 5.84. The van der Waals surface area contributed by atoms with Gasteiger partial charge >= 0.3 is 5.97 Å². The molecule has 9 N–H and O–H groups in total. The Kier molecular flexibility index (Phi) is 10.9. The van der Waals surface area contributed by atoms with Crippen molar-refractivity contribution in [2.45, 2.75) is 68.3 Å². The normalized spacial score (nSPS) is 28.9. The second-order valence-electron chi connectivity index (χ2n) is 12.5. The number of carbonyl (C=O) groups is 1. The average Bonchev–Trinajstić information content (AvgIpc) is 3.12. The molecule has 0 radical (unpaired) electrons. The number of hydrogen-bond donors (Lipinski definition) is 9. The highest BCUT2D eigenvalue weighted by Gasteiger charge is 2.50. The van der Waals surface area contributed by atoms with Crippen LogP contribution in [-0.2, 0) is 23.7 Å². The van der Waals surface area contributed by atoms with Crippen molar-refractivity contribution >= 4 is 23.0 Å². The van der Waals surface area contributed by atoms with Crippen LogP contribution in [0.1, 0.15) is 12.5 Å². The molecule has 0 spiro atoms. The molecule has 3 heterocycles. The third-order valence-corrected chi connectivity index (χ3v) is 8.71. The van der Waals surface area contributed by atoms with Gasteiger partial charge in [0.1, 0.15) is 70.6 Å². The minimum Gasteiger partial charge on any atom is -0.508 e. The van der Waals surface area contributed by atoms with Gasteiger partial charge in [-0.25, -0.2) is 4.79 Å². The topological polar surface area (TPSA) is 275 Å². The van der Waals surface area contributed by atoms with Crippen molar-refractivity contribution in [3.8, 4) is 40.1 Å². The van der Waals surface area contributed by atoms with E-state index in [0.717, 1.165) is 18.2 Å². The monoisotopic (exact) mass is 740 g/mol. The van der Waals surface area contributed by atoms with Gasteiger partial charge in [0.15, 0.2) is 18.2 Å². The lowest BCUT2D eigenvalue weighted by Gasteiger charge is -2.43. The number of aromatic hydroxyl groups is 4. The minimum absolute atomic E-state index is 0.00274. The predicted molar refractivity (Wildman–Crippen MR) is 180 cm³/mol. The molecule has 6 rings (SSSR count). The molecule has 0 amide bonds. The van der Waals surface area contributed by atoms with Crippen LogP contribution in [0.4, 0.5) is 0 Å². The molecule has 3 aromatic carbocycles. The van der Waals surface area contributed by atoms with Crippen LogP contribution in [0, 0.1) is 0 Å². The zero-order valence-electron chi connectivity index (χ0n) is 27.7. The van der Waals surface area contributed by atoms with Crippen molar-refractivity contribution < 1.29 is 78.9 Å². The lowest BCUT2D eigenvalue weighted by molar-refractivity contribution is -0.319. The van der Waals surface area contributed by atoms with E-state index >= 15 is 0 Å². The van der Waals surface area contributed by atoms with E-state index in [4.69, 9.17) is 28.1 Å². The molecule has 10 atom stereocenters. The summed E-state index contributed by atoms with van der Waals surface area (Å²) < 4.78 is 34.3. The van der Waals surface area contributed by atoms with E-state index in [0.29, 0.717) is 5.56 Å². The highest BCUT2D eigenvalue weighted by atomic mass is 16.7. The van der Waals surface area contributed by atoms with Crippen molar-refractivity contribution in [1.29, 1.82) is 0 Å². The molecule has 17 nitrogen and oxygen atoms in total. The van der Waals surface area contributed by atoms with Gasteiger partial charge in [-0.15, -0.1) is 0 Å². The molecule has 5 unspecified atom stereocenters. The van der Waals surface area contributed by atoms with Gasteiger partial charge < -0.3 is 74.1 Å². The van der Waals surface area contributed by atoms with Crippen molar-refractivity contribution in [3.63, 3.8) is 0 Å². The Bertz CT molecular complexity index is 2010. The predicted octanol–water partition coefficient (Wildman–Crippen LogP) is 0.577. The van der Waals surface area contributed by atoms with Crippen LogP contribution in [-0.4, -0.2) is 120 Å². The lowest BCUT2D eigenvalue weighted by atomic mass is 9.98. The molecule has 53 heavy (non-hydrogen) atoms. The van der Waals surface area contributed by atoms with E-state index < -0.39 is 102 Å². The first-order valence-corrected chi connectivity index (χ1v) is 16.2. The van der Waals surface area contributed by atoms with E-state index in [1.807, 2.05) is 0 Å². The molecule has 0 aliphatic carbocycles. The quantitative estimate of drug-likeness (QED) is 0.0838. The zero-order chi connectivity index (χ0) is 38.1. The molecule has 2 aliphatic heterocycles. The van der Waals surface area contributed by atoms with Gasteiger partial charge in [0.25, 0.3) is 0 Å². The number of hydrogen-bond acceptors (Lipinski definition) is 17. The van der Waals surface area contributed by atoms with E-state index in [2.05, 4.69) is 0 Å². The van der Waals surface area contributed by atoms with Crippen LogP contribution in [0.2, 0.25) is 0 Å². The van der Waals surface area contributed by atoms with Gasteiger partial charge in [0.05, 0.1) is 12.7 Å². The van der Waals surface area contributed by atoms with Crippen LogP contribution < -0.4 is 10.2 Å². The fraction of sp³-hybridized carbons (Fsp3) is 0.333. The Morgan fingerprint density at radius 2 is 1.42 bits per heavy atom. The average molecular weight is 741 g/mol. The van der Waals surface area contributed by atoms with Crippen LogP contribution in [0.5, 0.6) is 28.7 Å². The van der Waals surface area contributed by atoms with Crippen LogP contribution >= 0.6 is 0 Å². The number of carbonyl (C=O) groups excluding carboxylic acids is 1. The number of fused-ring (bicyclic) bond motifs is 1. The SMILES string of the molecule is CC1O[C@@H](OCC2O[C@@H](Oc3c(-c4ccc(O)cc4)oc4cc(O)cc(O)c4c3=O)C(O)C(O)[C@H]2OC(=O)/C=C/c2ccc(O)cc2)C(O)[C@@H](O)[C@H]1O. The van der Waals surface area contributed by atoms with Crippen LogP contribution in [0.15, 0.2) is 76.0 Å². The summed E-state index contributed by atoms with van der Waals surface area (Å²) in [5, 5.41) is 92.9. The smallest absolute Gasteiger partial charge is 0.331 e. The lowest BCUT2D eigenvalue weighted by Crippen LogP contribution is -2.62. The molecule has 2 saturated heterocycles. The summed E-state index contributed by atoms with van der Waals surface area (Å²) in [6.45, 7) is 0.764. The Morgan fingerprint density at radius 3 is 2.09 bits per heavy atom. The Balaban J connectivity index is 1.33. The van der Waals surface area contributed by atoms with E-state index in [1.54, 1.807) is 0 Å². The molecule has 1 aromatic heterocycles. The first-order valence-electron chi connectivity index (χ1n) is 16.2. The van der Waals surface area contributed by atoms with Gasteiger partial charge in [0.2, 0.25) is 17.5 Å². The van der Waals surface area contributed by atoms with Crippen molar-refractivity contribution in [2.24, 2.45) is 0 Å². The summed E-state index contributed by atoms with van der Waals surface area (Å²) in [6.07, 6.45) is -14.2. The molecular formula is C36H36O17. The summed E-state index contributed by atoms with van der Waals surface area (Å²) in [4.78, 5) is 26.8. The molecule has 2 aliphatic rings. The molecule has 4 aromatic rings. The van der Waals surface area contributed by atoms with Crippen molar-refractivity contribution in [1.82, 2.24) is 0 Å². The number of aliphatic hydroxyl groups is 5. The molecule has 2 fully saturated rings. The highest BCUT2D eigenvalue weighted by molar-refractivity contribution is 5.88. The van der Waals surface area contributed by atoms with Crippen LogP contribution in [0.3, 0.4) is 0 Å². The summed E-state index contributed by atoms with van der Waals surface area (Å²) in [5.74, 6) is -3.17. The minimum atomic E-state index is -2.03. The fourth-order valence-electron chi connectivity index (χ4n) is 5.84. The Labute approximate surface area is 299 Å². The maximum atomic E-state index is 13.9. The summed E-state index contributed by atoms with van der Waals surface area (Å²) in [5.41, 5.74) is -0.569. The van der Waals surface area contributed by atoms with Gasteiger partial charge in [-0.05, 0) is 55.0 Å². The largest absolute Gasteiger partial charge is 0.508 e. The van der Waals surface area contributed by atoms with Gasteiger partial charge in [0, 0.05) is 23.8 Å². The summed E-state index contributed by atoms with van der Waals surface area (Å²) >= 11 is 0. The molecule has 0 saturated carbocycles. The number of rotatable bonds is 9. The van der Waals surface area contributed by atoms with Gasteiger partial charge in [-0.2, -0.15) is 0 Å². The molecule has 0 bridgehead atoms. The third kappa shape index (κ3) is 7.92. The molecular weight excluding hydrogens is 704 g/mol. The van der Waals surface area contributed by atoms with Crippen LogP contribution in [0.25, 0.3) is 28.4 Å². The number of ether oxygens (including phenoxy) is 5. The van der Waals surface area contributed by atoms with E-state index in [1.165, 1.54) is 61.5 Å². The van der Waals surface area contributed by atoms with Gasteiger partial charge in [-0.3, -0.25) is 4.79 Å². The Morgan fingerprint density at radius 1 is 0.774 bits per heavy atom. The van der Waals surface area contributed by atoms with Crippen molar-refractivity contribution in [3.05, 3.63) is 82.5 Å². The second kappa shape index (κ2) is 15.4. The standard InChI is InChI=1S/C36H36O17/c1-15-26(42)28(44)30(46)35(49-15)48-14-23-33(52-24(41)11-4-16-2-7-18(37)8-3-16)29(45)31(47)36(51-23)53-34-27(43)25-21(40)12-20(39)13-22(25)50-32(34)17-5-9-19(38)10-6-17/h2-13,15,23,26,28-31,33,35-40,42,44-47H,14H2,1H3/b11-4+/t15?,23?,26-,28-,29?,30?,31?,33-,35+,36-/m0/s1. The number of phenolic OH excluding ortho intramolecular Hbond substituents is 4. The van der Waals surface area contributed by atoms with E-state index in [9.17, 15) is 55.5 Å². The first kappa shape index (κ1) is 37.5. The molecule has 282 valence electrons. The second-order valence-corrected chi connectivity index (χ2v) is 12.5. The van der Waals surface area contributed by atoms with Crippen molar-refractivity contribution in [2.75, 3.05) is 6.61 Å². The summed E-state index contributed by atoms with van der Waals surface area (Å²) in [6, 6.07) is 13.0. The highest BCUT2D eigenvalue weighted by Crippen LogP contribution is 2.38. The van der Waals surface area contributed by atoms with E-state index in [-0.39, 0.29) is 28.4 Å². The maximum absolute atomic E-state index is 13.9. The number of phenols is 4. The number of esters is 1. The Hall–Kier alpha value is -5.24. The number of aliphatic hydroxyl groups excluding tert-OH is 5. The maximum Gasteiger partial charge on any atom is 0.331 e. The number of benzene rings is 3. The zero-order valence-corrected chi connectivity index (χ0v) is 27.7. The third-order valence-electron chi connectivity index (χ3n) is 8.71. The first-order chi connectivity index (χ1) is 25.2. The molecule has 17 heteroatoms. The van der Waals surface area contributed by atoms with Gasteiger partial charge in [-0.1, -0.05) is 12.1 Å². The summed E-state index contributed by atoms with van der Waals surface area (Å²) in [7, 11) is 0.